The highest BCUT2D eigenvalue weighted by Gasteiger charge is 2.20. The summed E-state index contributed by atoms with van der Waals surface area (Å²) in [6.07, 6.45) is 0. The zero-order valence-corrected chi connectivity index (χ0v) is 11.1. The number of nitrogens with two attached hydrogens (primary N) is 1. The van der Waals surface area contributed by atoms with Crippen LogP contribution in [0.3, 0.4) is 0 Å². The van der Waals surface area contributed by atoms with E-state index in [0.29, 0.717) is 5.56 Å². The molecular weight excluding hydrogens is 277 g/mol. The quantitative estimate of drug-likeness (QED) is 0.390. The average molecular weight is 289 g/mol. The van der Waals surface area contributed by atoms with Crippen LogP contribution in [0.4, 0.5) is 10.1 Å². The zero-order valence-electron chi connectivity index (χ0n) is 11.1. The van der Waals surface area contributed by atoms with Gasteiger partial charge < -0.3 is 10.5 Å². The lowest BCUT2D eigenvalue weighted by atomic mass is 10.2. The average Bonchev–Trinajstić information content (AvgIpc) is 2.40. The number of hydrogen-bond acceptors (Lipinski definition) is 4. The Labute approximate surface area is 119 Å². The molecule has 0 aliphatic rings. The molecule has 0 fully saturated rings. The second-order valence-electron chi connectivity index (χ2n) is 4.34. The smallest absolute Gasteiger partial charge is 0.314 e. The van der Waals surface area contributed by atoms with Crippen molar-refractivity contribution in [3.05, 3.63) is 63.5 Å². The molecule has 0 radical (unpaired) electrons. The topological polar surface area (TPSA) is 102 Å². The van der Waals surface area contributed by atoms with Crippen LogP contribution in [-0.4, -0.2) is 10.8 Å². The molecule has 0 saturated carbocycles. The van der Waals surface area contributed by atoms with E-state index >= 15 is 0 Å². The number of ether oxygens (including phenoxy) is 1. The lowest BCUT2D eigenvalue weighted by Crippen LogP contribution is -2.11. The van der Waals surface area contributed by atoms with Gasteiger partial charge in [0.25, 0.3) is 0 Å². The number of benzene rings is 2. The number of nitrogens with zero attached hydrogens (tertiary/aromatic N) is 1. The maximum atomic E-state index is 13.9. The molecular formula is C14H12FN3O3. The van der Waals surface area contributed by atoms with Crippen molar-refractivity contribution < 1.29 is 14.1 Å². The highest BCUT2D eigenvalue weighted by Crippen LogP contribution is 2.34. The van der Waals surface area contributed by atoms with Gasteiger partial charge in [-0.05, 0) is 31.2 Å². The van der Waals surface area contributed by atoms with Gasteiger partial charge in [0, 0.05) is 11.1 Å². The number of hydrogen-bond donors (Lipinski definition) is 2. The molecule has 6 nitrogen and oxygen atoms in total. The van der Waals surface area contributed by atoms with Crippen molar-refractivity contribution in [3.63, 3.8) is 0 Å². The summed E-state index contributed by atoms with van der Waals surface area (Å²) in [4.78, 5) is 10.5. The van der Waals surface area contributed by atoms with Gasteiger partial charge in [0.15, 0.2) is 11.6 Å². The third-order valence-corrected chi connectivity index (χ3v) is 2.85. The number of nitrogens with one attached hydrogen (secondary N) is 1. The van der Waals surface area contributed by atoms with Crippen LogP contribution in [0.1, 0.15) is 11.1 Å². The number of nitrogen functional groups attached to an aromatic ring is 1. The Kier molecular flexibility index (Phi) is 3.84. The Morgan fingerprint density at radius 1 is 1.33 bits per heavy atom. The number of halogens is 1. The van der Waals surface area contributed by atoms with Crippen molar-refractivity contribution in [3.8, 4) is 11.5 Å². The van der Waals surface area contributed by atoms with E-state index in [1.165, 1.54) is 18.2 Å². The fourth-order valence-electron chi connectivity index (χ4n) is 1.82. The normalized spacial score (nSPS) is 10.2. The largest absolute Gasteiger partial charge is 0.447 e. The molecule has 0 aliphatic heterocycles. The van der Waals surface area contributed by atoms with Gasteiger partial charge in [0.05, 0.1) is 4.92 Å². The van der Waals surface area contributed by atoms with E-state index in [4.69, 9.17) is 15.9 Å². The van der Waals surface area contributed by atoms with Gasteiger partial charge in [-0.2, -0.15) is 0 Å². The van der Waals surface area contributed by atoms with Crippen LogP contribution in [0.2, 0.25) is 0 Å². The van der Waals surface area contributed by atoms with Gasteiger partial charge in [0.2, 0.25) is 5.75 Å². The molecule has 21 heavy (non-hydrogen) atoms. The van der Waals surface area contributed by atoms with E-state index in [-0.39, 0.29) is 28.6 Å². The van der Waals surface area contributed by atoms with Crippen LogP contribution in [0.15, 0.2) is 36.4 Å². The Balaban J connectivity index is 2.42. The minimum atomic E-state index is -0.751. The summed E-state index contributed by atoms with van der Waals surface area (Å²) >= 11 is 0. The molecule has 0 spiro atoms. The first-order chi connectivity index (χ1) is 9.90. The third-order valence-electron chi connectivity index (χ3n) is 2.85. The lowest BCUT2D eigenvalue weighted by Gasteiger charge is -2.09. The molecule has 0 aromatic heterocycles. The second-order valence-corrected chi connectivity index (χ2v) is 4.34. The molecule has 108 valence electrons. The van der Waals surface area contributed by atoms with Crippen LogP contribution < -0.4 is 10.5 Å². The molecule has 0 aliphatic carbocycles. The van der Waals surface area contributed by atoms with Gasteiger partial charge >= 0.3 is 5.69 Å². The molecule has 0 saturated heterocycles. The fourth-order valence-corrected chi connectivity index (χ4v) is 1.82. The first kappa shape index (κ1) is 14.4. The molecule has 0 heterocycles. The summed E-state index contributed by atoms with van der Waals surface area (Å²) in [5.74, 6) is -1.25. The first-order valence-electron chi connectivity index (χ1n) is 5.96. The molecule has 0 atom stereocenters. The van der Waals surface area contributed by atoms with Crippen LogP contribution in [-0.2, 0) is 0 Å². The Morgan fingerprint density at radius 3 is 2.62 bits per heavy atom. The lowest BCUT2D eigenvalue weighted by molar-refractivity contribution is -0.386. The number of aryl methyl sites for hydroxylation is 1. The van der Waals surface area contributed by atoms with Crippen LogP contribution in [0.5, 0.6) is 11.5 Å². The molecule has 0 unspecified atom stereocenters. The van der Waals surface area contributed by atoms with Gasteiger partial charge in [-0.25, -0.2) is 4.39 Å². The number of para-hydroxylation sites is 1. The number of rotatable bonds is 4. The summed E-state index contributed by atoms with van der Waals surface area (Å²) in [5.41, 5.74) is 5.66. The minimum absolute atomic E-state index is 0.0468. The van der Waals surface area contributed by atoms with Crippen LogP contribution in [0, 0.1) is 28.3 Å². The second kappa shape index (κ2) is 5.58. The van der Waals surface area contributed by atoms with E-state index in [1.54, 1.807) is 19.1 Å². The maximum absolute atomic E-state index is 13.9. The highest BCUT2D eigenvalue weighted by molar-refractivity contribution is 5.95. The maximum Gasteiger partial charge on any atom is 0.314 e. The molecule has 2 aromatic rings. The van der Waals surface area contributed by atoms with Crippen molar-refractivity contribution in [2.45, 2.75) is 6.92 Å². The standard InChI is InChI=1S/C14H12FN3O3/c1-8-3-2-4-12(13(8)18(19)20)21-11-6-5-9(14(16)17)7-10(11)15/h2-7H,1H3,(H3,16,17). The molecule has 2 rings (SSSR count). The predicted molar refractivity (Wildman–Crippen MR) is 75.3 cm³/mol. The van der Waals surface area contributed by atoms with E-state index in [0.717, 1.165) is 6.07 Å². The van der Waals surface area contributed by atoms with E-state index < -0.39 is 10.7 Å². The summed E-state index contributed by atoms with van der Waals surface area (Å²) in [6, 6.07) is 8.27. The third kappa shape index (κ3) is 2.97. The Bertz CT molecular complexity index is 731. The SMILES string of the molecule is Cc1cccc(Oc2ccc(C(=N)N)cc2F)c1[N+](=O)[O-]. The Morgan fingerprint density at radius 2 is 2.05 bits per heavy atom. The van der Waals surface area contributed by atoms with Gasteiger partial charge in [-0.3, -0.25) is 15.5 Å². The van der Waals surface area contributed by atoms with Crippen molar-refractivity contribution >= 4 is 11.5 Å². The summed E-state index contributed by atoms with van der Waals surface area (Å²) in [5, 5.41) is 18.3. The molecule has 7 heteroatoms. The summed E-state index contributed by atoms with van der Waals surface area (Å²) < 4.78 is 19.2. The fraction of sp³-hybridized carbons (Fsp3) is 0.0714. The van der Waals surface area contributed by atoms with Gasteiger partial charge in [-0.1, -0.05) is 12.1 Å². The Hall–Kier alpha value is -2.96. The van der Waals surface area contributed by atoms with Crippen LogP contribution >= 0.6 is 0 Å². The first-order valence-corrected chi connectivity index (χ1v) is 5.96. The minimum Gasteiger partial charge on any atom is -0.447 e. The van der Waals surface area contributed by atoms with Gasteiger partial charge in [0.1, 0.15) is 5.84 Å². The van der Waals surface area contributed by atoms with Crippen molar-refractivity contribution in [1.82, 2.24) is 0 Å². The summed E-state index contributed by atoms with van der Waals surface area (Å²) in [7, 11) is 0. The van der Waals surface area contributed by atoms with E-state index in [2.05, 4.69) is 0 Å². The molecule has 0 bridgehead atoms. The van der Waals surface area contributed by atoms with Gasteiger partial charge in [-0.15, -0.1) is 0 Å². The van der Waals surface area contributed by atoms with Crippen molar-refractivity contribution in [1.29, 1.82) is 5.41 Å². The zero-order chi connectivity index (χ0) is 15.6. The molecule has 3 N–H and O–H groups in total. The predicted octanol–water partition coefficient (Wildman–Crippen LogP) is 3.12. The van der Waals surface area contributed by atoms with Crippen molar-refractivity contribution in [2.75, 3.05) is 0 Å². The van der Waals surface area contributed by atoms with E-state index in [1.807, 2.05) is 0 Å². The van der Waals surface area contributed by atoms with Crippen LogP contribution in [0.25, 0.3) is 0 Å². The van der Waals surface area contributed by atoms with E-state index in [9.17, 15) is 14.5 Å². The molecule has 0 amide bonds. The number of nitro groups is 1. The monoisotopic (exact) mass is 289 g/mol. The summed E-state index contributed by atoms with van der Waals surface area (Å²) in [6.45, 7) is 1.57. The molecule has 2 aromatic carbocycles. The number of nitro benzene ring substituents is 1. The highest BCUT2D eigenvalue weighted by atomic mass is 19.1. The number of amidine groups is 1. The van der Waals surface area contributed by atoms with Crippen molar-refractivity contribution in [2.24, 2.45) is 5.73 Å².